The van der Waals surface area contributed by atoms with Gasteiger partial charge in [-0.3, -0.25) is 4.79 Å². The van der Waals surface area contributed by atoms with Crippen molar-refractivity contribution >= 4 is 29.5 Å². The maximum Gasteiger partial charge on any atom is 0.330 e. The normalized spacial score (nSPS) is 11.4. The number of carbonyl (C=O) groups excluding carboxylic acids is 2. The number of unbranched alkanes of at least 4 members (excludes halogenated alkanes) is 1. The van der Waals surface area contributed by atoms with Crippen molar-refractivity contribution in [2.45, 2.75) is 26.2 Å². The summed E-state index contributed by atoms with van der Waals surface area (Å²) in [6, 6.07) is 18.4. The van der Waals surface area contributed by atoms with E-state index in [1.807, 2.05) is 60.7 Å². The Morgan fingerprint density at radius 2 is 1.52 bits per heavy atom. The van der Waals surface area contributed by atoms with Crippen molar-refractivity contribution in [2.24, 2.45) is 0 Å². The highest BCUT2D eigenvalue weighted by Gasteiger charge is 2.29. The zero-order valence-corrected chi connectivity index (χ0v) is 16.4. The third kappa shape index (κ3) is 6.33. The molecule has 0 N–H and O–H groups in total. The summed E-state index contributed by atoms with van der Waals surface area (Å²) >= 11 is 0. The Balaban J connectivity index is 2.01. The first-order chi connectivity index (χ1) is 13.1. The second kappa shape index (κ2) is 10.6. The van der Waals surface area contributed by atoms with Gasteiger partial charge >= 0.3 is 5.97 Å². The summed E-state index contributed by atoms with van der Waals surface area (Å²) in [6.07, 6.45) is 4.65. The van der Waals surface area contributed by atoms with Crippen LogP contribution in [0, 0.1) is 0 Å². The number of hydrogen-bond donors (Lipinski definition) is 0. The molecule has 4 nitrogen and oxygen atoms in total. The second-order valence-electron chi connectivity index (χ2n) is 6.15. The number of rotatable bonds is 10. The SMILES string of the molecule is CCOC(=O)/C=C/CCCC(=O)CP(=O)(c1ccccc1)c1ccccc1. The topological polar surface area (TPSA) is 60.4 Å². The van der Waals surface area contributed by atoms with Crippen LogP contribution in [0.5, 0.6) is 0 Å². The molecule has 0 aliphatic carbocycles. The van der Waals surface area contributed by atoms with E-state index in [1.54, 1.807) is 13.0 Å². The Bertz CT molecular complexity index is 769. The lowest BCUT2D eigenvalue weighted by Gasteiger charge is -2.18. The van der Waals surface area contributed by atoms with Gasteiger partial charge in [0.15, 0.2) is 0 Å². The third-order valence-corrected chi connectivity index (χ3v) is 7.18. The zero-order valence-electron chi connectivity index (χ0n) is 15.5. The number of ketones is 1. The van der Waals surface area contributed by atoms with Gasteiger partial charge in [-0.05, 0) is 19.8 Å². The molecule has 0 heterocycles. The Morgan fingerprint density at radius 1 is 0.963 bits per heavy atom. The van der Waals surface area contributed by atoms with E-state index in [0.717, 1.165) is 0 Å². The van der Waals surface area contributed by atoms with Crippen molar-refractivity contribution in [3.8, 4) is 0 Å². The Hall–Kier alpha value is -2.45. The summed E-state index contributed by atoms with van der Waals surface area (Å²) in [7, 11) is -3.00. The Labute approximate surface area is 160 Å². The highest BCUT2D eigenvalue weighted by Crippen LogP contribution is 2.43. The standard InChI is InChI=1S/C22H25O4P/c1-2-26-22(24)17-11-3-6-12-19(23)18-27(25,20-13-7-4-8-14-20)21-15-9-5-10-16-21/h4-5,7-11,13-17H,2-3,6,12,18H2,1H3/b17-11+. The van der Waals surface area contributed by atoms with E-state index in [1.165, 1.54) is 6.08 Å². The van der Waals surface area contributed by atoms with Crippen molar-refractivity contribution in [2.75, 3.05) is 12.8 Å². The fraction of sp³-hybridized carbons (Fsp3) is 0.273. The van der Waals surface area contributed by atoms with Gasteiger partial charge in [0.05, 0.1) is 12.8 Å². The van der Waals surface area contributed by atoms with E-state index in [-0.39, 0.29) is 17.9 Å². The van der Waals surface area contributed by atoms with Gasteiger partial charge in [-0.15, -0.1) is 0 Å². The van der Waals surface area contributed by atoms with Crippen LogP contribution in [0.1, 0.15) is 26.2 Å². The van der Waals surface area contributed by atoms with E-state index < -0.39 is 7.14 Å². The van der Waals surface area contributed by atoms with Crippen LogP contribution in [0.15, 0.2) is 72.8 Å². The van der Waals surface area contributed by atoms with Crippen LogP contribution in [0.3, 0.4) is 0 Å². The first-order valence-corrected chi connectivity index (χ1v) is 11.0. The minimum atomic E-state index is -3.00. The molecule has 0 atom stereocenters. The van der Waals surface area contributed by atoms with Crippen LogP contribution >= 0.6 is 7.14 Å². The molecule has 2 rings (SSSR count). The minimum absolute atomic E-state index is 0.0165. The fourth-order valence-corrected chi connectivity index (χ4v) is 5.41. The molecule has 0 spiro atoms. The Kier molecular flexibility index (Phi) is 8.22. The zero-order chi connectivity index (χ0) is 19.5. The molecule has 0 radical (unpaired) electrons. The van der Waals surface area contributed by atoms with Crippen molar-refractivity contribution < 1.29 is 18.9 Å². The second-order valence-corrected chi connectivity index (χ2v) is 8.98. The van der Waals surface area contributed by atoms with Crippen molar-refractivity contribution in [1.29, 1.82) is 0 Å². The van der Waals surface area contributed by atoms with Gasteiger partial charge in [-0.25, -0.2) is 4.79 Å². The molecule has 0 amide bonds. The molecule has 2 aromatic carbocycles. The van der Waals surface area contributed by atoms with Crippen LogP contribution in [-0.2, 0) is 18.9 Å². The van der Waals surface area contributed by atoms with Gasteiger partial charge in [0, 0.05) is 23.1 Å². The van der Waals surface area contributed by atoms with Crippen molar-refractivity contribution in [3.05, 3.63) is 72.8 Å². The summed E-state index contributed by atoms with van der Waals surface area (Å²) in [5.41, 5.74) is 0. The number of Topliss-reactive ketones (excluding diaryl/α,β-unsaturated/α-hetero) is 1. The van der Waals surface area contributed by atoms with E-state index in [4.69, 9.17) is 4.74 Å². The van der Waals surface area contributed by atoms with Gasteiger partial charge in [-0.2, -0.15) is 0 Å². The minimum Gasteiger partial charge on any atom is -0.463 e. The van der Waals surface area contributed by atoms with Crippen molar-refractivity contribution in [1.82, 2.24) is 0 Å². The number of ether oxygens (including phenoxy) is 1. The first-order valence-electron chi connectivity index (χ1n) is 9.11. The third-order valence-electron chi connectivity index (χ3n) is 4.11. The van der Waals surface area contributed by atoms with E-state index >= 15 is 0 Å². The summed E-state index contributed by atoms with van der Waals surface area (Å²) < 4.78 is 18.6. The molecule has 0 bridgehead atoms. The van der Waals surface area contributed by atoms with Gasteiger partial charge in [-0.1, -0.05) is 66.7 Å². The van der Waals surface area contributed by atoms with Crippen LogP contribution < -0.4 is 10.6 Å². The molecular weight excluding hydrogens is 359 g/mol. The number of carbonyl (C=O) groups is 2. The molecule has 2 aromatic rings. The van der Waals surface area contributed by atoms with Crippen molar-refractivity contribution in [3.63, 3.8) is 0 Å². The summed E-state index contributed by atoms with van der Waals surface area (Å²) in [5.74, 6) is -0.406. The van der Waals surface area contributed by atoms with E-state index in [0.29, 0.717) is 36.5 Å². The average molecular weight is 384 g/mol. The largest absolute Gasteiger partial charge is 0.463 e. The predicted molar refractivity (Wildman–Crippen MR) is 109 cm³/mol. The lowest BCUT2D eigenvalue weighted by molar-refractivity contribution is -0.137. The van der Waals surface area contributed by atoms with E-state index in [2.05, 4.69) is 0 Å². The lowest BCUT2D eigenvalue weighted by atomic mass is 10.2. The molecule has 0 aromatic heterocycles. The maximum absolute atomic E-state index is 13.8. The molecule has 0 aliphatic rings. The predicted octanol–water partition coefficient (Wildman–Crippen LogP) is 3.86. The molecule has 142 valence electrons. The molecule has 0 saturated carbocycles. The molecule has 0 unspecified atom stereocenters. The highest BCUT2D eigenvalue weighted by molar-refractivity contribution is 7.79. The number of esters is 1. The fourth-order valence-electron chi connectivity index (χ4n) is 2.78. The monoisotopic (exact) mass is 384 g/mol. The summed E-state index contributed by atoms with van der Waals surface area (Å²) in [5, 5.41) is 1.40. The van der Waals surface area contributed by atoms with Gasteiger partial charge in [0.2, 0.25) is 0 Å². The summed E-state index contributed by atoms with van der Waals surface area (Å²) in [6.45, 7) is 2.10. The maximum atomic E-state index is 13.8. The molecule has 5 heteroatoms. The lowest BCUT2D eigenvalue weighted by Crippen LogP contribution is -2.22. The first kappa shape index (κ1) is 20.9. The number of benzene rings is 2. The van der Waals surface area contributed by atoms with Gasteiger partial charge in [0.25, 0.3) is 0 Å². The molecule has 0 fully saturated rings. The molecule has 0 saturated heterocycles. The summed E-state index contributed by atoms with van der Waals surface area (Å²) in [4.78, 5) is 23.7. The smallest absolute Gasteiger partial charge is 0.330 e. The molecule has 0 aliphatic heterocycles. The quantitative estimate of drug-likeness (QED) is 0.270. The number of hydrogen-bond acceptors (Lipinski definition) is 4. The van der Waals surface area contributed by atoms with Gasteiger partial charge in [0.1, 0.15) is 12.9 Å². The Morgan fingerprint density at radius 3 is 2.04 bits per heavy atom. The van der Waals surface area contributed by atoms with Crippen LogP contribution in [0.2, 0.25) is 0 Å². The van der Waals surface area contributed by atoms with E-state index in [9.17, 15) is 14.2 Å². The molecule has 27 heavy (non-hydrogen) atoms. The van der Waals surface area contributed by atoms with Crippen LogP contribution in [0.25, 0.3) is 0 Å². The van der Waals surface area contributed by atoms with Crippen LogP contribution in [-0.4, -0.2) is 24.5 Å². The van der Waals surface area contributed by atoms with Gasteiger partial charge < -0.3 is 9.30 Å². The van der Waals surface area contributed by atoms with Crippen LogP contribution in [0.4, 0.5) is 0 Å². The highest BCUT2D eigenvalue weighted by atomic mass is 31.2. The molecular formula is C22H25O4P. The average Bonchev–Trinajstić information content (AvgIpc) is 2.69. The number of allylic oxidation sites excluding steroid dienone is 1.